The Morgan fingerprint density at radius 1 is 1.25 bits per heavy atom. The molecule has 0 aromatic heterocycles. The first-order chi connectivity index (χ1) is 11.7. The van der Waals surface area contributed by atoms with E-state index in [1.54, 1.807) is 31.4 Å². The minimum Gasteiger partial charge on any atom is -0.497 e. The van der Waals surface area contributed by atoms with E-state index in [0.717, 1.165) is 41.3 Å². The summed E-state index contributed by atoms with van der Waals surface area (Å²) in [5, 5.41) is 13.4. The molecule has 3 rings (SSSR count). The Kier molecular flexibility index (Phi) is 4.65. The number of carboxylic acid groups (broad SMARTS) is 1. The molecule has 0 bridgehead atoms. The highest BCUT2D eigenvalue weighted by molar-refractivity contribution is 6.03. The van der Waals surface area contributed by atoms with Gasteiger partial charge < -0.3 is 14.6 Å². The van der Waals surface area contributed by atoms with Gasteiger partial charge >= 0.3 is 5.97 Å². The monoisotopic (exact) mass is 326 g/mol. The number of carboxylic acids is 1. The van der Waals surface area contributed by atoms with Crippen LogP contribution in [0.2, 0.25) is 0 Å². The largest absolute Gasteiger partial charge is 0.497 e. The van der Waals surface area contributed by atoms with Crippen LogP contribution >= 0.6 is 0 Å². The van der Waals surface area contributed by atoms with Crippen LogP contribution in [0.15, 0.2) is 47.6 Å². The second-order valence-corrected chi connectivity index (χ2v) is 5.37. The van der Waals surface area contributed by atoms with Crippen molar-refractivity contribution in [3.05, 3.63) is 53.6 Å². The van der Waals surface area contributed by atoms with E-state index in [9.17, 15) is 4.79 Å². The van der Waals surface area contributed by atoms with Crippen LogP contribution in [0.5, 0.6) is 11.5 Å². The number of aromatic carboxylic acids is 1. The third-order valence-electron chi connectivity index (χ3n) is 3.77. The van der Waals surface area contributed by atoms with Crippen LogP contribution in [-0.4, -0.2) is 30.5 Å². The molecular formula is C18H18N2O4. The van der Waals surface area contributed by atoms with Gasteiger partial charge in [0.2, 0.25) is 0 Å². The molecule has 0 spiro atoms. The Balaban J connectivity index is 1.83. The van der Waals surface area contributed by atoms with Crippen molar-refractivity contribution in [1.29, 1.82) is 0 Å². The van der Waals surface area contributed by atoms with Crippen LogP contribution < -0.4 is 14.9 Å². The third kappa shape index (κ3) is 3.48. The van der Waals surface area contributed by atoms with Crippen molar-refractivity contribution in [1.82, 2.24) is 0 Å². The summed E-state index contributed by atoms with van der Waals surface area (Å²) < 4.78 is 11.0. The average Bonchev–Trinajstić information content (AvgIpc) is 2.81. The number of fused-ring (bicyclic) bond motifs is 1. The maximum absolute atomic E-state index is 10.9. The molecule has 0 atom stereocenters. The topological polar surface area (TPSA) is 80.2 Å². The van der Waals surface area contributed by atoms with Crippen molar-refractivity contribution in [3.63, 3.8) is 0 Å². The lowest BCUT2D eigenvalue weighted by Crippen LogP contribution is -2.04. The van der Waals surface area contributed by atoms with Crippen LogP contribution in [0.25, 0.3) is 0 Å². The Morgan fingerprint density at radius 3 is 2.75 bits per heavy atom. The zero-order chi connectivity index (χ0) is 16.9. The third-order valence-corrected chi connectivity index (χ3v) is 3.77. The van der Waals surface area contributed by atoms with Gasteiger partial charge in [-0.1, -0.05) is 0 Å². The maximum Gasteiger partial charge on any atom is 0.335 e. The highest BCUT2D eigenvalue weighted by atomic mass is 16.5. The molecule has 6 nitrogen and oxygen atoms in total. The van der Waals surface area contributed by atoms with Gasteiger partial charge in [0.15, 0.2) is 0 Å². The minimum absolute atomic E-state index is 0.244. The fraction of sp³-hybridized carbons (Fsp3) is 0.222. The molecule has 0 amide bonds. The van der Waals surface area contributed by atoms with Crippen LogP contribution in [0.3, 0.4) is 0 Å². The molecule has 0 saturated carbocycles. The standard InChI is InChI=1S/C18H18N2O4/c1-23-14-8-9-15-16(3-2-10-24-17(15)11-14)20-19-13-6-4-12(5-7-13)18(21)22/h4-9,11,19H,2-3,10H2,1H3,(H,21,22)/b20-16-. The summed E-state index contributed by atoms with van der Waals surface area (Å²) in [5.74, 6) is 0.553. The Labute approximate surface area is 139 Å². The summed E-state index contributed by atoms with van der Waals surface area (Å²) >= 11 is 0. The van der Waals surface area contributed by atoms with Gasteiger partial charge in [-0.25, -0.2) is 4.79 Å². The van der Waals surface area contributed by atoms with Gasteiger partial charge in [-0.15, -0.1) is 0 Å². The first kappa shape index (κ1) is 15.9. The SMILES string of the molecule is COc1ccc2c(c1)OCCC/C2=N/Nc1ccc(C(=O)O)cc1. The lowest BCUT2D eigenvalue weighted by Gasteiger charge is -2.10. The summed E-state index contributed by atoms with van der Waals surface area (Å²) in [4.78, 5) is 10.9. The maximum atomic E-state index is 10.9. The zero-order valence-corrected chi connectivity index (χ0v) is 13.3. The number of hydrogen-bond donors (Lipinski definition) is 2. The van der Waals surface area contributed by atoms with Gasteiger partial charge in [0.05, 0.1) is 30.7 Å². The van der Waals surface area contributed by atoms with Crippen LogP contribution in [0.1, 0.15) is 28.8 Å². The van der Waals surface area contributed by atoms with Crippen LogP contribution in [-0.2, 0) is 0 Å². The fourth-order valence-electron chi connectivity index (χ4n) is 2.48. The molecule has 1 aliphatic heterocycles. The van der Waals surface area contributed by atoms with Gasteiger partial charge in [0.1, 0.15) is 11.5 Å². The summed E-state index contributed by atoms with van der Waals surface area (Å²) in [6.07, 6.45) is 1.66. The number of carbonyl (C=O) groups is 1. The first-order valence-corrected chi connectivity index (χ1v) is 7.64. The zero-order valence-electron chi connectivity index (χ0n) is 13.3. The van der Waals surface area contributed by atoms with E-state index in [1.165, 1.54) is 0 Å². The molecule has 2 aromatic rings. The minimum atomic E-state index is -0.948. The molecule has 2 aromatic carbocycles. The average molecular weight is 326 g/mol. The molecule has 0 unspecified atom stereocenters. The molecule has 0 aliphatic carbocycles. The highest BCUT2D eigenvalue weighted by Crippen LogP contribution is 2.29. The van der Waals surface area contributed by atoms with Crippen LogP contribution in [0.4, 0.5) is 5.69 Å². The van der Waals surface area contributed by atoms with Crippen molar-refractivity contribution in [3.8, 4) is 11.5 Å². The molecule has 24 heavy (non-hydrogen) atoms. The smallest absolute Gasteiger partial charge is 0.335 e. The van der Waals surface area contributed by atoms with E-state index in [-0.39, 0.29) is 5.56 Å². The summed E-state index contributed by atoms with van der Waals surface area (Å²) in [6.45, 7) is 0.631. The van der Waals surface area contributed by atoms with Crippen LogP contribution in [0, 0.1) is 0 Å². The predicted molar refractivity (Wildman–Crippen MR) is 91.3 cm³/mol. The Hall–Kier alpha value is -3.02. The Bertz CT molecular complexity index is 769. The van der Waals surface area contributed by atoms with E-state index in [1.807, 2.05) is 18.2 Å². The molecule has 1 aliphatic rings. The first-order valence-electron chi connectivity index (χ1n) is 7.64. The quantitative estimate of drug-likeness (QED) is 0.842. The second kappa shape index (κ2) is 7.04. The lowest BCUT2D eigenvalue weighted by atomic mass is 10.1. The molecule has 124 valence electrons. The lowest BCUT2D eigenvalue weighted by molar-refractivity contribution is 0.0697. The summed E-state index contributed by atoms with van der Waals surface area (Å²) in [6, 6.07) is 12.1. The second-order valence-electron chi connectivity index (χ2n) is 5.37. The summed E-state index contributed by atoms with van der Waals surface area (Å²) in [5.41, 5.74) is 5.79. The highest BCUT2D eigenvalue weighted by Gasteiger charge is 2.16. The van der Waals surface area contributed by atoms with E-state index in [0.29, 0.717) is 6.61 Å². The molecule has 6 heteroatoms. The van der Waals surface area contributed by atoms with Gasteiger partial charge in [0.25, 0.3) is 0 Å². The van der Waals surface area contributed by atoms with E-state index < -0.39 is 5.97 Å². The number of rotatable bonds is 4. The molecule has 1 heterocycles. The number of nitrogens with one attached hydrogen (secondary N) is 1. The number of ether oxygens (including phenoxy) is 2. The number of hydrogen-bond acceptors (Lipinski definition) is 5. The van der Waals surface area contributed by atoms with Gasteiger partial charge in [-0.2, -0.15) is 5.10 Å². The van der Waals surface area contributed by atoms with E-state index in [2.05, 4.69) is 10.5 Å². The number of nitrogens with zero attached hydrogens (tertiary/aromatic N) is 1. The van der Waals surface area contributed by atoms with Crippen molar-refractivity contribution in [2.75, 3.05) is 19.1 Å². The van der Waals surface area contributed by atoms with Gasteiger partial charge in [0, 0.05) is 11.6 Å². The van der Waals surface area contributed by atoms with E-state index in [4.69, 9.17) is 14.6 Å². The normalized spacial score (nSPS) is 15.1. The van der Waals surface area contributed by atoms with E-state index >= 15 is 0 Å². The fourth-order valence-corrected chi connectivity index (χ4v) is 2.48. The van der Waals surface area contributed by atoms with Gasteiger partial charge in [-0.3, -0.25) is 5.43 Å². The predicted octanol–water partition coefficient (Wildman–Crippen LogP) is 3.38. The molecule has 0 radical (unpaired) electrons. The summed E-state index contributed by atoms with van der Waals surface area (Å²) in [7, 11) is 1.62. The molecule has 2 N–H and O–H groups in total. The van der Waals surface area contributed by atoms with Gasteiger partial charge in [-0.05, 0) is 49.2 Å². The van der Waals surface area contributed by atoms with Crippen molar-refractivity contribution in [2.24, 2.45) is 5.10 Å². The number of anilines is 1. The van der Waals surface area contributed by atoms with Crippen molar-refractivity contribution < 1.29 is 19.4 Å². The number of hydrazone groups is 1. The van der Waals surface area contributed by atoms with Crippen molar-refractivity contribution in [2.45, 2.75) is 12.8 Å². The molecule has 0 saturated heterocycles. The number of methoxy groups -OCH3 is 1. The molecular weight excluding hydrogens is 308 g/mol. The number of benzene rings is 2. The molecule has 0 fully saturated rings. The Morgan fingerprint density at radius 2 is 2.04 bits per heavy atom. The van der Waals surface area contributed by atoms with Crippen molar-refractivity contribution >= 4 is 17.4 Å².